The number of ether oxygens (including phenoxy) is 1. The molecule has 3 aromatic rings. The average molecular weight is 671 g/mol. The molecular weight excluding hydrogens is 613 g/mol. The Kier molecular flexibility index (Phi) is 12.1. The number of aldehydes is 1. The van der Waals surface area contributed by atoms with Crippen molar-refractivity contribution >= 4 is 33.3 Å². The lowest BCUT2D eigenvalue weighted by molar-refractivity contribution is -0.129. The van der Waals surface area contributed by atoms with Crippen LogP contribution in [0.5, 0.6) is 0 Å². The van der Waals surface area contributed by atoms with E-state index in [1.807, 2.05) is 18.2 Å². The van der Waals surface area contributed by atoms with E-state index in [9.17, 15) is 4.79 Å². The zero-order valence-electron chi connectivity index (χ0n) is 30.3. The van der Waals surface area contributed by atoms with Crippen LogP contribution >= 0.6 is 0 Å². The monoisotopic (exact) mass is 670 g/mol. The van der Waals surface area contributed by atoms with Crippen molar-refractivity contribution in [3.8, 4) is 0 Å². The summed E-state index contributed by atoms with van der Waals surface area (Å²) >= 11 is 0. The molecule has 47 heavy (non-hydrogen) atoms. The molecule has 0 amide bonds. The van der Waals surface area contributed by atoms with Crippen LogP contribution in [0.2, 0.25) is 23.2 Å². The number of carbonyl (C=O) groups excluding carboxylic acids is 1. The van der Waals surface area contributed by atoms with Gasteiger partial charge in [-0.25, -0.2) is 0 Å². The smallest absolute Gasteiger partial charge is 0.261 e. The summed E-state index contributed by atoms with van der Waals surface area (Å²) in [4.78, 5) is 13.3. The Morgan fingerprint density at radius 2 is 1.32 bits per heavy atom. The fourth-order valence-electron chi connectivity index (χ4n) is 6.87. The minimum absolute atomic E-state index is 0.00796. The van der Waals surface area contributed by atoms with Crippen LogP contribution in [0, 0.1) is 11.8 Å². The van der Waals surface area contributed by atoms with Crippen LogP contribution in [0.3, 0.4) is 0 Å². The number of hydrogen-bond acceptors (Lipinski definition) is 4. The first-order chi connectivity index (χ1) is 22.2. The highest BCUT2D eigenvalue weighted by Gasteiger charge is 2.52. The van der Waals surface area contributed by atoms with Crippen molar-refractivity contribution in [2.75, 3.05) is 13.2 Å². The van der Waals surface area contributed by atoms with Crippen molar-refractivity contribution in [1.82, 2.24) is 0 Å². The topological polar surface area (TPSA) is 44.8 Å². The van der Waals surface area contributed by atoms with Gasteiger partial charge in [0, 0.05) is 12.5 Å². The first-order valence-electron chi connectivity index (χ1n) is 17.4. The predicted octanol–water partition coefficient (Wildman–Crippen LogP) is 9.10. The lowest BCUT2D eigenvalue weighted by Gasteiger charge is -2.49. The Hall–Kier alpha value is -2.62. The van der Waals surface area contributed by atoms with E-state index in [2.05, 4.69) is 140 Å². The molecule has 0 saturated heterocycles. The molecule has 0 bridgehead atoms. The number of hydrogen-bond donors (Lipinski definition) is 0. The van der Waals surface area contributed by atoms with Gasteiger partial charge in [-0.05, 0) is 69.9 Å². The second-order valence-corrected chi connectivity index (χ2v) is 25.1. The minimum atomic E-state index is -2.72. The van der Waals surface area contributed by atoms with Gasteiger partial charge in [0.15, 0.2) is 14.6 Å². The predicted molar refractivity (Wildman–Crippen MR) is 201 cm³/mol. The summed E-state index contributed by atoms with van der Waals surface area (Å²) in [6.07, 6.45) is 5.81. The molecule has 4 rings (SSSR count). The minimum Gasteiger partial charge on any atom is -0.404 e. The van der Waals surface area contributed by atoms with Gasteiger partial charge in [0.25, 0.3) is 8.32 Å². The molecule has 0 aromatic heterocycles. The molecule has 1 aliphatic rings. The van der Waals surface area contributed by atoms with Crippen LogP contribution in [0.15, 0.2) is 103 Å². The Bertz CT molecular complexity index is 1400. The summed E-state index contributed by atoms with van der Waals surface area (Å²) in [5, 5.41) is 2.44. The molecule has 254 valence electrons. The highest BCUT2D eigenvalue weighted by molar-refractivity contribution is 6.99. The molecule has 0 radical (unpaired) electrons. The van der Waals surface area contributed by atoms with Crippen molar-refractivity contribution < 1.29 is 18.4 Å². The molecule has 0 heterocycles. The molecule has 6 heteroatoms. The van der Waals surface area contributed by atoms with Gasteiger partial charge in [-0.15, -0.1) is 0 Å². The van der Waals surface area contributed by atoms with Crippen LogP contribution in [0.25, 0.3) is 0 Å². The number of rotatable bonds is 14. The van der Waals surface area contributed by atoms with Crippen LogP contribution in [0.1, 0.15) is 73.3 Å². The summed E-state index contributed by atoms with van der Waals surface area (Å²) in [6.45, 7) is 22.2. The normalized spacial score (nSPS) is 20.9. The third-order valence-corrected chi connectivity index (χ3v) is 20.0. The first-order valence-corrected chi connectivity index (χ1v) is 22.2. The fraction of sp³-hybridized carbons (Fsp3) is 0.488. The third-order valence-electron chi connectivity index (χ3n) is 10.5. The summed E-state index contributed by atoms with van der Waals surface area (Å²) in [6, 6.07) is 31.9. The Morgan fingerprint density at radius 3 is 1.81 bits per heavy atom. The summed E-state index contributed by atoms with van der Waals surface area (Å²) in [7, 11) is -4.97. The fourth-order valence-corrected chi connectivity index (χ4v) is 12.9. The van der Waals surface area contributed by atoms with Gasteiger partial charge in [0.2, 0.25) is 0 Å². The van der Waals surface area contributed by atoms with Crippen molar-refractivity contribution in [2.24, 2.45) is 11.8 Å². The number of carbonyl (C=O) groups is 1. The Labute approximate surface area is 287 Å². The van der Waals surface area contributed by atoms with E-state index in [1.165, 1.54) is 21.5 Å². The van der Waals surface area contributed by atoms with E-state index < -0.39 is 22.2 Å². The molecular formula is C41H58O4Si2. The van der Waals surface area contributed by atoms with Gasteiger partial charge in [-0.3, -0.25) is 0 Å². The lowest BCUT2D eigenvalue weighted by Crippen LogP contribution is -2.66. The summed E-state index contributed by atoms with van der Waals surface area (Å²) < 4.78 is 20.6. The van der Waals surface area contributed by atoms with E-state index in [-0.39, 0.29) is 21.9 Å². The molecule has 1 aliphatic carbocycles. The van der Waals surface area contributed by atoms with Crippen molar-refractivity contribution in [2.45, 2.75) is 103 Å². The molecule has 3 atom stereocenters. The Balaban J connectivity index is 1.66. The molecule has 4 nitrogen and oxygen atoms in total. The average Bonchev–Trinajstić information content (AvgIpc) is 3.03. The third kappa shape index (κ3) is 8.52. The zero-order valence-corrected chi connectivity index (χ0v) is 32.3. The van der Waals surface area contributed by atoms with Crippen LogP contribution < -0.4 is 10.4 Å². The van der Waals surface area contributed by atoms with E-state index in [0.717, 1.165) is 19.1 Å². The summed E-state index contributed by atoms with van der Waals surface area (Å²) in [5.41, 5.74) is 1.58. The van der Waals surface area contributed by atoms with Crippen molar-refractivity contribution in [3.05, 3.63) is 108 Å². The molecule has 0 unspecified atom stereocenters. The maximum atomic E-state index is 13.3. The molecule has 0 aliphatic heterocycles. The molecule has 0 saturated carbocycles. The molecule has 0 spiro atoms. The standard InChI is InChI=1S/C41H58O4Si2/c1-33-29-41(32-42,45-46(8,9)39(2,3)4)36(22-19-27-43-30-34-20-13-10-14-21-34)28-35(33)31-44-47(40(5,6)7,37-23-15-11-16-24-37)38-25-17-12-18-26-38/h10-18,20-21,23-26,28,32-33,36H,19,22,27,29-31H2,1-9H3/t33-,36-,41+/m0/s1. The van der Waals surface area contributed by atoms with Gasteiger partial charge >= 0.3 is 0 Å². The van der Waals surface area contributed by atoms with Crippen LogP contribution in [-0.2, 0) is 25.0 Å². The van der Waals surface area contributed by atoms with Crippen molar-refractivity contribution in [3.63, 3.8) is 0 Å². The van der Waals surface area contributed by atoms with Gasteiger partial charge in [-0.2, -0.15) is 0 Å². The van der Waals surface area contributed by atoms with Gasteiger partial charge < -0.3 is 18.4 Å². The first kappa shape index (κ1) is 37.2. The molecule has 3 aromatic carbocycles. The SMILES string of the molecule is C[C@H]1C[C@](C=O)(O[Si](C)(C)C(C)(C)C)[C@@H](CCCOCc2ccccc2)C=C1CO[Si](c1ccccc1)(c1ccccc1)C(C)(C)C. The van der Waals surface area contributed by atoms with Crippen molar-refractivity contribution in [1.29, 1.82) is 0 Å². The van der Waals surface area contributed by atoms with E-state index in [4.69, 9.17) is 13.6 Å². The van der Waals surface area contributed by atoms with Crippen LogP contribution in [0.4, 0.5) is 0 Å². The second-order valence-electron chi connectivity index (χ2n) is 16.0. The molecule has 0 N–H and O–H groups in total. The van der Waals surface area contributed by atoms with Crippen LogP contribution in [-0.4, -0.2) is 41.7 Å². The largest absolute Gasteiger partial charge is 0.404 e. The quantitative estimate of drug-likeness (QED) is 0.0743. The Morgan fingerprint density at radius 1 is 0.787 bits per heavy atom. The maximum Gasteiger partial charge on any atom is 0.261 e. The van der Waals surface area contributed by atoms with Gasteiger partial charge in [0.05, 0.1) is 13.2 Å². The van der Waals surface area contributed by atoms with Gasteiger partial charge in [0.1, 0.15) is 5.60 Å². The molecule has 0 fully saturated rings. The van der Waals surface area contributed by atoms with E-state index >= 15 is 0 Å². The van der Waals surface area contributed by atoms with Gasteiger partial charge in [-0.1, -0.05) is 146 Å². The lowest BCUT2D eigenvalue weighted by atomic mass is 9.71. The van der Waals surface area contributed by atoms with E-state index in [1.54, 1.807) is 0 Å². The van der Waals surface area contributed by atoms with E-state index in [0.29, 0.717) is 26.2 Å². The summed E-state index contributed by atoms with van der Waals surface area (Å²) in [5.74, 6) is 0.0946. The zero-order chi connectivity index (χ0) is 34.3. The second kappa shape index (κ2) is 15.3. The maximum absolute atomic E-state index is 13.3. The highest BCUT2D eigenvalue weighted by Crippen LogP contribution is 2.47. The highest BCUT2D eigenvalue weighted by atomic mass is 28.4. The number of benzene rings is 3.